The molecule has 0 amide bonds. The Kier molecular flexibility index (Phi) is 4.12. The Hall–Kier alpha value is -3.25. The van der Waals surface area contributed by atoms with Crippen LogP contribution in [-0.4, -0.2) is 29.4 Å². The molecule has 0 radical (unpaired) electrons. The third-order valence-corrected chi connectivity index (χ3v) is 5.17. The van der Waals surface area contributed by atoms with E-state index in [9.17, 15) is 10.1 Å². The van der Waals surface area contributed by atoms with Crippen molar-refractivity contribution in [2.24, 2.45) is 0 Å². The molecule has 4 heterocycles. The summed E-state index contributed by atoms with van der Waals surface area (Å²) < 4.78 is 3.07. The van der Waals surface area contributed by atoms with Crippen molar-refractivity contribution in [3.05, 3.63) is 56.7 Å². The van der Waals surface area contributed by atoms with Gasteiger partial charge in [-0.05, 0) is 12.8 Å². The maximum absolute atomic E-state index is 13.0. The van der Waals surface area contributed by atoms with E-state index in [1.165, 1.54) is 10.7 Å². The van der Waals surface area contributed by atoms with Crippen molar-refractivity contribution in [1.82, 2.24) is 29.4 Å². The number of nitrogens with one attached hydrogen (secondary N) is 1. The molecule has 27 heavy (non-hydrogen) atoms. The zero-order valence-electron chi connectivity index (χ0n) is 15.0. The van der Waals surface area contributed by atoms with Crippen molar-refractivity contribution in [2.45, 2.75) is 32.7 Å². The average Bonchev–Trinajstić information content (AvgIpc) is 3.39. The predicted molar refractivity (Wildman–Crippen MR) is 102 cm³/mol. The van der Waals surface area contributed by atoms with Gasteiger partial charge in [0.05, 0.1) is 35.3 Å². The standard InChI is InChI=1S/C18H17N7OS/c1-10(2)15-16(23-17-12(4-19)5-22-25(17)18(15)26)13-6-21-24(7-13)11(3)14-8-27-9-20-14/h5-11,23H,1-3H3. The van der Waals surface area contributed by atoms with E-state index in [2.05, 4.69) is 26.2 Å². The molecule has 0 bridgehead atoms. The largest absolute Gasteiger partial charge is 0.338 e. The molecular formula is C18H17N7OS. The van der Waals surface area contributed by atoms with E-state index in [1.807, 2.05) is 37.0 Å². The molecule has 4 aromatic rings. The maximum Gasteiger partial charge on any atom is 0.278 e. The van der Waals surface area contributed by atoms with Gasteiger partial charge in [0, 0.05) is 22.7 Å². The number of H-pyrrole nitrogens is 1. The van der Waals surface area contributed by atoms with Gasteiger partial charge in [-0.3, -0.25) is 9.48 Å². The molecule has 1 atom stereocenters. The summed E-state index contributed by atoms with van der Waals surface area (Å²) in [6, 6.07) is 2.04. The molecule has 0 saturated heterocycles. The lowest BCUT2D eigenvalue weighted by Gasteiger charge is -2.12. The Morgan fingerprint density at radius 3 is 2.74 bits per heavy atom. The Balaban J connectivity index is 1.90. The number of thiazole rings is 1. The summed E-state index contributed by atoms with van der Waals surface area (Å²) in [6.07, 6.45) is 5.01. The fourth-order valence-corrected chi connectivity index (χ4v) is 3.76. The summed E-state index contributed by atoms with van der Waals surface area (Å²) in [6.45, 7) is 5.93. The second-order valence-corrected chi connectivity index (χ2v) is 7.32. The van der Waals surface area contributed by atoms with Crippen LogP contribution in [0.5, 0.6) is 0 Å². The fraction of sp³-hybridized carbons (Fsp3) is 0.278. The van der Waals surface area contributed by atoms with Gasteiger partial charge in [0.15, 0.2) is 5.65 Å². The normalized spacial score (nSPS) is 12.6. The zero-order chi connectivity index (χ0) is 19.1. The highest BCUT2D eigenvalue weighted by molar-refractivity contribution is 7.07. The highest BCUT2D eigenvalue weighted by Gasteiger charge is 2.21. The van der Waals surface area contributed by atoms with Gasteiger partial charge >= 0.3 is 0 Å². The number of aromatic amines is 1. The van der Waals surface area contributed by atoms with Gasteiger partial charge in [-0.2, -0.15) is 20.0 Å². The summed E-state index contributed by atoms with van der Waals surface area (Å²) >= 11 is 1.54. The molecule has 1 unspecified atom stereocenters. The van der Waals surface area contributed by atoms with Crippen molar-refractivity contribution >= 4 is 17.0 Å². The molecule has 136 valence electrons. The van der Waals surface area contributed by atoms with E-state index in [1.54, 1.807) is 23.0 Å². The minimum atomic E-state index is -0.226. The van der Waals surface area contributed by atoms with Gasteiger partial charge in [-0.15, -0.1) is 11.3 Å². The highest BCUT2D eigenvalue weighted by Crippen LogP contribution is 2.27. The molecule has 0 aliphatic carbocycles. The van der Waals surface area contributed by atoms with Gasteiger partial charge in [-0.25, -0.2) is 4.98 Å². The fourth-order valence-electron chi connectivity index (χ4n) is 3.12. The summed E-state index contributed by atoms with van der Waals surface area (Å²) in [5, 5.41) is 19.8. The SMILES string of the molecule is CC(C)c1c(-c2cnn(C(C)c3cscn3)c2)[nH]c2c(C#N)cnn2c1=O. The molecule has 4 rings (SSSR count). The number of aromatic nitrogens is 6. The minimum Gasteiger partial charge on any atom is -0.338 e. The molecule has 0 aliphatic heterocycles. The number of nitrogens with zero attached hydrogens (tertiary/aromatic N) is 6. The van der Waals surface area contributed by atoms with E-state index in [0.29, 0.717) is 22.5 Å². The first kappa shape index (κ1) is 17.2. The van der Waals surface area contributed by atoms with Crippen LogP contribution in [0, 0.1) is 11.3 Å². The van der Waals surface area contributed by atoms with E-state index >= 15 is 0 Å². The van der Waals surface area contributed by atoms with Crippen LogP contribution in [0.25, 0.3) is 16.9 Å². The van der Waals surface area contributed by atoms with E-state index in [4.69, 9.17) is 0 Å². The second-order valence-electron chi connectivity index (χ2n) is 6.60. The third-order valence-electron chi connectivity index (χ3n) is 4.57. The molecule has 8 nitrogen and oxygen atoms in total. The topological polar surface area (TPSA) is 105 Å². The number of hydrogen-bond donors (Lipinski definition) is 1. The van der Waals surface area contributed by atoms with Gasteiger partial charge in [0.2, 0.25) is 0 Å². The molecule has 1 N–H and O–H groups in total. The smallest absolute Gasteiger partial charge is 0.278 e. The Morgan fingerprint density at radius 1 is 1.26 bits per heavy atom. The van der Waals surface area contributed by atoms with E-state index < -0.39 is 0 Å². The quantitative estimate of drug-likeness (QED) is 0.587. The van der Waals surface area contributed by atoms with Gasteiger partial charge in [-0.1, -0.05) is 13.8 Å². The van der Waals surface area contributed by atoms with Crippen molar-refractivity contribution in [3.63, 3.8) is 0 Å². The van der Waals surface area contributed by atoms with Crippen molar-refractivity contribution in [2.75, 3.05) is 0 Å². The van der Waals surface area contributed by atoms with Gasteiger partial charge in [0.25, 0.3) is 5.56 Å². The lowest BCUT2D eigenvalue weighted by atomic mass is 10.00. The van der Waals surface area contributed by atoms with E-state index in [0.717, 1.165) is 11.3 Å². The third kappa shape index (κ3) is 2.74. The maximum atomic E-state index is 13.0. The van der Waals surface area contributed by atoms with Crippen LogP contribution in [0.2, 0.25) is 0 Å². The molecule has 4 aromatic heterocycles. The lowest BCUT2D eigenvalue weighted by molar-refractivity contribution is 0.554. The number of nitriles is 1. The van der Waals surface area contributed by atoms with Crippen molar-refractivity contribution in [1.29, 1.82) is 5.26 Å². The van der Waals surface area contributed by atoms with Crippen LogP contribution in [-0.2, 0) is 0 Å². The van der Waals surface area contributed by atoms with Crippen LogP contribution in [0.3, 0.4) is 0 Å². The number of fused-ring (bicyclic) bond motifs is 1. The first-order valence-electron chi connectivity index (χ1n) is 8.48. The van der Waals surface area contributed by atoms with Crippen molar-refractivity contribution in [3.8, 4) is 17.3 Å². The molecule has 0 spiro atoms. The molecule has 0 saturated carbocycles. The van der Waals surface area contributed by atoms with Crippen molar-refractivity contribution < 1.29 is 0 Å². The van der Waals surface area contributed by atoms with Crippen LogP contribution >= 0.6 is 11.3 Å². The van der Waals surface area contributed by atoms with Gasteiger partial charge in [0.1, 0.15) is 11.6 Å². The molecular weight excluding hydrogens is 362 g/mol. The lowest BCUT2D eigenvalue weighted by Crippen LogP contribution is -2.22. The number of hydrogen-bond acceptors (Lipinski definition) is 6. The molecule has 0 aromatic carbocycles. The molecule has 9 heteroatoms. The average molecular weight is 379 g/mol. The Bertz CT molecular complexity index is 1210. The summed E-state index contributed by atoms with van der Waals surface area (Å²) in [4.78, 5) is 20.5. The first-order valence-corrected chi connectivity index (χ1v) is 9.42. The Labute approximate surface area is 158 Å². The van der Waals surface area contributed by atoms with Crippen LogP contribution < -0.4 is 5.56 Å². The van der Waals surface area contributed by atoms with Crippen LogP contribution in [0.1, 0.15) is 49.6 Å². The van der Waals surface area contributed by atoms with Crippen LogP contribution in [0.15, 0.2) is 34.3 Å². The summed E-state index contributed by atoms with van der Waals surface area (Å²) in [5.41, 5.74) is 5.27. The minimum absolute atomic E-state index is 0.0208. The van der Waals surface area contributed by atoms with E-state index in [-0.39, 0.29) is 17.5 Å². The zero-order valence-corrected chi connectivity index (χ0v) is 15.9. The predicted octanol–water partition coefficient (Wildman–Crippen LogP) is 2.95. The Morgan fingerprint density at radius 2 is 2.07 bits per heavy atom. The highest BCUT2D eigenvalue weighted by atomic mass is 32.1. The second kappa shape index (κ2) is 6.48. The molecule has 0 fully saturated rings. The van der Waals surface area contributed by atoms with Gasteiger partial charge < -0.3 is 4.98 Å². The molecule has 0 aliphatic rings. The van der Waals surface area contributed by atoms with Crippen LogP contribution in [0.4, 0.5) is 0 Å². The number of rotatable bonds is 4. The summed E-state index contributed by atoms with van der Waals surface area (Å²) in [5.74, 6) is -0.0257. The monoisotopic (exact) mass is 379 g/mol. The summed E-state index contributed by atoms with van der Waals surface area (Å²) in [7, 11) is 0. The first-order chi connectivity index (χ1) is 13.0.